The summed E-state index contributed by atoms with van der Waals surface area (Å²) in [5, 5.41) is 0. The Morgan fingerprint density at radius 1 is 1.08 bits per heavy atom. The Morgan fingerprint density at radius 2 is 1.60 bits per heavy atom. The van der Waals surface area contributed by atoms with E-state index >= 15 is 0 Å². The van der Waals surface area contributed by atoms with Crippen LogP contribution in [0.4, 0.5) is 4.79 Å². The molecule has 2 amide bonds. The lowest BCUT2D eigenvalue weighted by Crippen LogP contribution is -2.47. The summed E-state index contributed by atoms with van der Waals surface area (Å²) in [6, 6.07) is 10.0. The number of nitrogens with two attached hydrogens (primary N) is 1. The van der Waals surface area contributed by atoms with E-state index < -0.39 is 14.8 Å². The number of carbonyl (C=O) groups excluding carboxylic acids is 1. The van der Waals surface area contributed by atoms with Gasteiger partial charge in [0.25, 0.3) is 0 Å². The highest BCUT2D eigenvalue weighted by Gasteiger charge is 2.40. The molecule has 0 aliphatic rings. The highest BCUT2D eigenvalue weighted by molar-refractivity contribution is 6.60. The lowest BCUT2D eigenvalue weighted by Gasteiger charge is -2.31. The minimum Gasteiger partial charge on any atom is -0.374 e. The third-order valence-electron chi connectivity index (χ3n) is 4.01. The molecule has 142 valence electrons. The predicted molar refractivity (Wildman–Crippen MR) is 101 cm³/mol. The molecule has 0 heterocycles. The lowest BCUT2D eigenvalue weighted by atomic mass is 10.1. The number of amides is 2. The van der Waals surface area contributed by atoms with Crippen molar-refractivity contribution in [1.29, 1.82) is 0 Å². The summed E-state index contributed by atoms with van der Waals surface area (Å²) < 4.78 is 17.6. The van der Waals surface area contributed by atoms with E-state index in [-0.39, 0.29) is 6.04 Å². The highest BCUT2D eigenvalue weighted by atomic mass is 28.4. The minimum absolute atomic E-state index is 0.0824. The van der Waals surface area contributed by atoms with Gasteiger partial charge in [0.2, 0.25) is 0 Å². The van der Waals surface area contributed by atoms with Crippen molar-refractivity contribution < 1.29 is 18.1 Å². The summed E-state index contributed by atoms with van der Waals surface area (Å²) in [6.45, 7) is 9.98. The van der Waals surface area contributed by atoms with E-state index in [0.717, 1.165) is 5.56 Å². The average Bonchev–Trinajstić information content (AvgIpc) is 2.59. The number of hydrogen-bond donors (Lipinski definition) is 1. The van der Waals surface area contributed by atoms with Crippen molar-refractivity contribution >= 4 is 14.8 Å². The Labute approximate surface area is 152 Å². The molecule has 7 heteroatoms. The zero-order valence-electron chi connectivity index (χ0n) is 15.9. The molecule has 0 aliphatic heterocycles. The fourth-order valence-electron chi connectivity index (χ4n) is 2.87. The van der Waals surface area contributed by atoms with Crippen LogP contribution in [0.2, 0.25) is 6.04 Å². The topological polar surface area (TPSA) is 74.0 Å². The first-order chi connectivity index (χ1) is 12.0. The number of urea groups is 1. The first-order valence-electron chi connectivity index (χ1n) is 9.02. The van der Waals surface area contributed by atoms with Gasteiger partial charge in [-0.05, 0) is 39.7 Å². The molecule has 1 aromatic rings. The van der Waals surface area contributed by atoms with Gasteiger partial charge in [0.1, 0.15) is 0 Å². The van der Waals surface area contributed by atoms with Crippen LogP contribution in [0.25, 0.3) is 0 Å². The predicted octanol–water partition coefficient (Wildman–Crippen LogP) is 3.57. The van der Waals surface area contributed by atoms with E-state index in [9.17, 15) is 4.79 Å². The van der Waals surface area contributed by atoms with Crippen LogP contribution in [0.3, 0.4) is 0 Å². The third-order valence-corrected chi connectivity index (χ3v) is 7.16. The Morgan fingerprint density at radius 3 is 2.04 bits per heavy atom. The number of nitrogens with zero attached hydrogens (tertiary/aromatic N) is 1. The van der Waals surface area contributed by atoms with E-state index in [1.165, 1.54) is 0 Å². The maximum atomic E-state index is 11.9. The summed E-state index contributed by atoms with van der Waals surface area (Å²) >= 11 is 0. The quantitative estimate of drug-likeness (QED) is 0.572. The van der Waals surface area contributed by atoms with Gasteiger partial charge in [0.15, 0.2) is 0 Å². The van der Waals surface area contributed by atoms with Gasteiger partial charge in [-0.15, -0.1) is 0 Å². The first kappa shape index (κ1) is 21.6. The molecule has 0 saturated heterocycles. The van der Waals surface area contributed by atoms with Crippen LogP contribution in [-0.2, 0) is 13.3 Å². The largest absolute Gasteiger partial charge is 0.500 e. The molecular weight excluding hydrogens is 336 g/mol. The summed E-state index contributed by atoms with van der Waals surface area (Å²) in [7, 11) is -2.69. The van der Waals surface area contributed by atoms with Crippen molar-refractivity contribution in [3.63, 3.8) is 0 Å². The van der Waals surface area contributed by atoms with E-state index in [0.29, 0.717) is 38.8 Å². The number of primary amides is 1. The van der Waals surface area contributed by atoms with Crippen LogP contribution in [0.5, 0.6) is 0 Å². The van der Waals surface area contributed by atoms with Crippen molar-refractivity contribution in [1.82, 2.24) is 4.90 Å². The third kappa shape index (κ3) is 6.78. The molecule has 1 aromatic carbocycles. The Hall–Kier alpha value is -1.41. The van der Waals surface area contributed by atoms with E-state index in [4.69, 9.17) is 19.0 Å². The fourth-order valence-corrected chi connectivity index (χ4v) is 5.47. The van der Waals surface area contributed by atoms with Crippen LogP contribution in [0.1, 0.15) is 45.7 Å². The molecule has 6 nitrogen and oxygen atoms in total. The van der Waals surface area contributed by atoms with Crippen molar-refractivity contribution in [2.24, 2.45) is 5.73 Å². The number of rotatable bonds is 12. The maximum absolute atomic E-state index is 11.9. The van der Waals surface area contributed by atoms with Gasteiger partial charge in [-0.3, -0.25) is 0 Å². The molecule has 0 unspecified atom stereocenters. The summed E-state index contributed by atoms with van der Waals surface area (Å²) in [4.78, 5) is 13.6. The molecule has 0 aliphatic carbocycles. The van der Waals surface area contributed by atoms with Crippen LogP contribution in [0.15, 0.2) is 30.3 Å². The van der Waals surface area contributed by atoms with Gasteiger partial charge in [-0.2, -0.15) is 0 Å². The van der Waals surface area contributed by atoms with Crippen molar-refractivity contribution in [3.05, 3.63) is 35.9 Å². The number of hydrogen-bond acceptors (Lipinski definition) is 4. The zero-order valence-corrected chi connectivity index (χ0v) is 16.9. The van der Waals surface area contributed by atoms with Crippen molar-refractivity contribution in [2.75, 3.05) is 26.4 Å². The van der Waals surface area contributed by atoms with Gasteiger partial charge in [0.05, 0.1) is 6.04 Å². The van der Waals surface area contributed by atoms with E-state index in [2.05, 4.69) is 0 Å². The Balaban J connectivity index is 2.74. The molecular formula is C18H32N2O4Si. The molecule has 0 saturated carbocycles. The van der Waals surface area contributed by atoms with E-state index in [1.54, 1.807) is 4.90 Å². The zero-order chi connectivity index (χ0) is 18.7. The molecule has 0 bridgehead atoms. The molecule has 1 rings (SSSR count). The van der Waals surface area contributed by atoms with Gasteiger partial charge >= 0.3 is 14.8 Å². The minimum atomic E-state index is -2.69. The Bertz CT molecular complexity index is 484. The van der Waals surface area contributed by atoms with Crippen molar-refractivity contribution in [2.45, 2.75) is 46.2 Å². The van der Waals surface area contributed by atoms with Gasteiger partial charge in [-0.25, -0.2) is 4.79 Å². The van der Waals surface area contributed by atoms with Gasteiger partial charge in [-0.1, -0.05) is 30.3 Å². The number of benzene rings is 1. The molecule has 1 atom stereocenters. The molecule has 25 heavy (non-hydrogen) atoms. The first-order valence-corrected chi connectivity index (χ1v) is 11.0. The molecule has 0 spiro atoms. The van der Waals surface area contributed by atoms with Crippen molar-refractivity contribution in [3.8, 4) is 0 Å². The van der Waals surface area contributed by atoms with Crippen LogP contribution < -0.4 is 5.73 Å². The normalized spacial score (nSPS) is 12.8. The second kappa shape index (κ2) is 11.3. The van der Waals surface area contributed by atoms with Crippen LogP contribution in [-0.4, -0.2) is 46.1 Å². The van der Waals surface area contributed by atoms with Crippen LogP contribution >= 0.6 is 0 Å². The molecule has 0 aromatic heterocycles. The lowest BCUT2D eigenvalue weighted by molar-refractivity contribution is 0.0698. The van der Waals surface area contributed by atoms with Crippen LogP contribution in [0, 0.1) is 0 Å². The second-order valence-corrected chi connectivity index (χ2v) is 8.44. The fraction of sp³-hybridized carbons (Fsp3) is 0.611. The van der Waals surface area contributed by atoms with Gasteiger partial charge < -0.3 is 23.9 Å². The summed E-state index contributed by atoms with van der Waals surface area (Å²) in [5.74, 6) is 0. The molecule has 0 radical (unpaired) electrons. The smallest absolute Gasteiger partial charge is 0.374 e. The average molecular weight is 369 g/mol. The SMILES string of the molecule is CCO[Si](CCCN(C(N)=O)[C@H](C)c1ccccc1)(OCC)OCC. The highest BCUT2D eigenvalue weighted by Crippen LogP contribution is 2.23. The molecule has 0 fully saturated rings. The standard InChI is InChI=1S/C18H32N2O4Si/c1-5-22-25(23-6-2,24-7-3)15-11-14-20(18(19)21)16(4)17-12-9-8-10-13-17/h8-10,12-13,16H,5-7,11,14-15H2,1-4H3,(H2,19,21)/t16-/m1/s1. The van der Waals surface area contributed by atoms with E-state index in [1.807, 2.05) is 58.0 Å². The maximum Gasteiger partial charge on any atom is 0.500 e. The summed E-state index contributed by atoms with van der Waals surface area (Å²) in [6.07, 6.45) is 0.715. The number of carbonyl (C=O) groups is 1. The van der Waals surface area contributed by atoms with Gasteiger partial charge in [0, 0.05) is 32.4 Å². The Kier molecular flexibility index (Phi) is 9.73. The summed E-state index contributed by atoms with van der Waals surface area (Å²) in [5.41, 5.74) is 6.66. The molecule has 2 N–H and O–H groups in total. The second-order valence-electron chi connectivity index (χ2n) is 5.70. The monoisotopic (exact) mass is 368 g/mol.